The second-order valence-electron chi connectivity index (χ2n) is 5.88. The van der Waals surface area contributed by atoms with Crippen LogP contribution >= 0.6 is 12.4 Å². The summed E-state index contributed by atoms with van der Waals surface area (Å²) in [4.78, 5) is 13.8. The molecule has 3 nitrogen and oxygen atoms in total. The molecule has 1 amide bonds. The molecule has 0 spiro atoms. The van der Waals surface area contributed by atoms with E-state index in [0.29, 0.717) is 18.7 Å². The molecule has 2 aliphatic heterocycles. The van der Waals surface area contributed by atoms with Gasteiger partial charge in [0.2, 0.25) is 0 Å². The van der Waals surface area contributed by atoms with E-state index in [0.717, 1.165) is 44.8 Å². The fourth-order valence-electron chi connectivity index (χ4n) is 3.26. The van der Waals surface area contributed by atoms with Gasteiger partial charge < -0.3 is 10.2 Å². The molecule has 22 heavy (non-hydrogen) atoms. The van der Waals surface area contributed by atoms with Gasteiger partial charge in [-0.2, -0.15) is 0 Å². The smallest absolute Gasteiger partial charge is 0.256 e. The molecular formula is C16H21ClF2N2O. The number of piperidine rings is 1. The molecule has 1 aromatic carbocycles. The molecule has 3 rings (SSSR count). The minimum absolute atomic E-state index is 0. The predicted octanol–water partition coefficient (Wildman–Crippen LogP) is 3.09. The van der Waals surface area contributed by atoms with Crippen molar-refractivity contribution in [3.8, 4) is 0 Å². The van der Waals surface area contributed by atoms with Gasteiger partial charge in [0.1, 0.15) is 11.6 Å². The highest BCUT2D eigenvalue weighted by Crippen LogP contribution is 2.29. The molecule has 2 heterocycles. The Morgan fingerprint density at radius 2 is 1.73 bits per heavy atom. The molecule has 0 unspecified atom stereocenters. The van der Waals surface area contributed by atoms with Gasteiger partial charge in [0.25, 0.3) is 5.91 Å². The molecular weight excluding hydrogens is 310 g/mol. The van der Waals surface area contributed by atoms with Gasteiger partial charge in [-0.1, -0.05) is 0 Å². The molecule has 1 aromatic rings. The van der Waals surface area contributed by atoms with E-state index in [1.165, 1.54) is 6.07 Å². The summed E-state index contributed by atoms with van der Waals surface area (Å²) in [6.07, 6.45) is 3.47. The Balaban J connectivity index is 0.00000176. The molecule has 6 heteroatoms. The van der Waals surface area contributed by atoms with Crippen LogP contribution in [-0.4, -0.2) is 37.0 Å². The van der Waals surface area contributed by atoms with Gasteiger partial charge in [-0.25, -0.2) is 8.78 Å². The van der Waals surface area contributed by atoms with Gasteiger partial charge in [-0.3, -0.25) is 4.79 Å². The second-order valence-corrected chi connectivity index (χ2v) is 5.88. The summed E-state index contributed by atoms with van der Waals surface area (Å²) in [5.74, 6) is -1.40. The maximum atomic E-state index is 14.3. The van der Waals surface area contributed by atoms with Crippen molar-refractivity contribution in [1.29, 1.82) is 0 Å². The highest BCUT2D eigenvalue weighted by Gasteiger charge is 2.26. The quantitative estimate of drug-likeness (QED) is 0.903. The van der Waals surface area contributed by atoms with Crippen molar-refractivity contribution in [2.45, 2.75) is 31.6 Å². The molecule has 0 bridgehead atoms. The lowest BCUT2D eigenvalue weighted by Crippen LogP contribution is -2.29. The zero-order chi connectivity index (χ0) is 14.8. The summed E-state index contributed by atoms with van der Waals surface area (Å²) < 4.78 is 28.6. The number of benzene rings is 1. The Bertz CT molecular complexity index is 541. The average Bonchev–Trinajstić information content (AvgIpc) is 3.04. The van der Waals surface area contributed by atoms with E-state index in [-0.39, 0.29) is 29.8 Å². The number of hydrogen-bond donors (Lipinski definition) is 1. The molecule has 2 fully saturated rings. The highest BCUT2D eigenvalue weighted by atomic mass is 35.5. The van der Waals surface area contributed by atoms with Crippen LogP contribution in [-0.2, 0) is 0 Å². The van der Waals surface area contributed by atoms with Crippen LogP contribution in [0.15, 0.2) is 12.1 Å². The van der Waals surface area contributed by atoms with Crippen molar-refractivity contribution in [3.05, 3.63) is 34.9 Å². The maximum absolute atomic E-state index is 14.3. The Labute approximate surface area is 135 Å². The van der Waals surface area contributed by atoms with E-state index < -0.39 is 11.6 Å². The first-order chi connectivity index (χ1) is 10.2. The van der Waals surface area contributed by atoms with Crippen LogP contribution in [0.2, 0.25) is 0 Å². The Morgan fingerprint density at radius 3 is 2.36 bits per heavy atom. The molecule has 2 aliphatic rings. The van der Waals surface area contributed by atoms with Crippen LogP contribution in [0.4, 0.5) is 8.78 Å². The van der Waals surface area contributed by atoms with Crippen LogP contribution < -0.4 is 5.32 Å². The monoisotopic (exact) mass is 330 g/mol. The first kappa shape index (κ1) is 17.2. The third kappa shape index (κ3) is 3.41. The Kier molecular flexibility index (Phi) is 5.75. The summed E-state index contributed by atoms with van der Waals surface area (Å²) in [6, 6.07) is 2.32. The lowest BCUT2D eigenvalue weighted by Gasteiger charge is -2.24. The molecule has 0 saturated carbocycles. The first-order valence-corrected chi connectivity index (χ1v) is 7.66. The fraction of sp³-hybridized carbons (Fsp3) is 0.562. The summed E-state index contributed by atoms with van der Waals surface area (Å²) in [5.41, 5.74) is 0.277. The van der Waals surface area contributed by atoms with Crippen molar-refractivity contribution in [3.63, 3.8) is 0 Å². The number of carbonyl (C=O) groups excluding carboxylic acids is 1. The zero-order valence-electron chi connectivity index (χ0n) is 12.4. The van der Waals surface area contributed by atoms with Crippen LogP contribution in [0.3, 0.4) is 0 Å². The van der Waals surface area contributed by atoms with Gasteiger partial charge >= 0.3 is 0 Å². The van der Waals surface area contributed by atoms with Gasteiger partial charge in [0, 0.05) is 13.1 Å². The molecule has 1 N–H and O–H groups in total. The molecule has 2 saturated heterocycles. The summed E-state index contributed by atoms with van der Waals surface area (Å²) in [7, 11) is 0. The number of hydrogen-bond acceptors (Lipinski definition) is 2. The Morgan fingerprint density at radius 1 is 1.09 bits per heavy atom. The summed E-state index contributed by atoms with van der Waals surface area (Å²) >= 11 is 0. The summed E-state index contributed by atoms with van der Waals surface area (Å²) in [5, 5.41) is 3.21. The average molecular weight is 331 g/mol. The number of rotatable bonds is 2. The van der Waals surface area contributed by atoms with Gasteiger partial charge in [0.15, 0.2) is 0 Å². The van der Waals surface area contributed by atoms with Gasteiger partial charge in [0.05, 0.1) is 5.56 Å². The number of carbonyl (C=O) groups is 1. The van der Waals surface area contributed by atoms with Gasteiger partial charge in [-0.15, -0.1) is 12.4 Å². The lowest BCUT2D eigenvalue weighted by molar-refractivity contribution is 0.0787. The molecule has 0 aromatic heterocycles. The molecule has 0 atom stereocenters. The standard InChI is InChI=1S/C16H20F2N2O.ClH/c17-14-10-13(16(21)20-7-1-2-8-20)15(18)9-12(14)11-3-5-19-6-4-11;/h9-11,19H,1-8H2;1H. The third-order valence-corrected chi connectivity index (χ3v) is 4.49. The Hall–Kier alpha value is -1.20. The highest BCUT2D eigenvalue weighted by molar-refractivity contribution is 5.94. The molecule has 0 aliphatic carbocycles. The van der Waals surface area contributed by atoms with Gasteiger partial charge in [-0.05, 0) is 62.4 Å². The number of likely N-dealkylation sites (tertiary alicyclic amines) is 1. The zero-order valence-corrected chi connectivity index (χ0v) is 13.2. The summed E-state index contributed by atoms with van der Waals surface area (Å²) in [6.45, 7) is 2.91. The minimum Gasteiger partial charge on any atom is -0.339 e. The second kappa shape index (κ2) is 7.38. The third-order valence-electron chi connectivity index (χ3n) is 4.49. The predicted molar refractivity (Wildman–Crippen MR) is 83.6 cm³/mol. The van der Waals surface area contributed by atoms with Crippen molar-refractivity contribution >= 4 is 18.3 Å². The van der Waals surface area contributed by atoms with E-state index >= 15 is 0 Å². The lowest BCUT2D eigenvalue weighted by atomic mass is 9.89. The fourth-order valence-corrected chi connectivity index (χ4v) is 3.26. The van der Waals surface area contributed by atoms with Crippen molar-refractivity contribution < 1.29 is 13.6 Å². The van der Waals surface area contributed by atoms with Crippen molar-refractivity contribution in [2.24, 2.45) is 0 Å². The van der Waals surface area contributed by atoms with Crippen LogP contribution in [0.1, 0.15) is 47.5 Å². The molecule has 0 radical (unpaired) electrons. The number of halogens is 3. The first-order valence-electron chi connectivity index (χ1n) is 7.66. The number of nitrogens with one attached hydrogen (secondary N) is 1. The van der Waals surface area contributed by atoms with Crippen molar-refractivity contribution in [1.82, 2.24) is 10.2 Å². The number of amides is 1. The minimum atomic E-state index is -0.596. The normalized spacial score (nSPS) is 19.1. The molecule has 122 valence electrons. The van der Waals surface area contributed by atoms with Crippen LogP contribution in [0.5, 0.6) is 0 Å². The largest absolute Gasteiger partial charge is 0.339 e. The van der Waals surface area contributed by atoms with E-state index in [1.54, 1.807) is 4.90 Å². The SMILES string of the molecule is Cl.O=C(c1cc(F)c(C2CCNCC2)cc1F)N1CCCC1. The van der Waals surface area contributed by atoms with E-state index in [9.17, 15) is 13.6 Å². The van der Waals surface area contributed by atoms with E-state index in [1.807, 2.05) is 0 Å². The van der Waals surface area contributed by atoms with Crippen LogP contribution in [0.25, 0.3) is 0 Å². The van der Waals surface area contributed by atoms with E-state index in [2.05, 4.69) is 5.32 Å². The maximum Gasteiger partial charge on any atom is 0.256 e. The number of nitrogens with zero attached hydrogens (tertiary/aromatic N) is 1. The topological polar surface area (TPSA) is 32.3 Å². The van der Waals surface area contributed by atoms with E-state index in [4.69, 9.17) is 0 Å². The van der Waals surface area contributed by atoms with Crippen molar-refractivity contribution in [2.75, 3.05) is 26.2 Å². The van der Waals surface area contributed by atoms with Crippen LogP contribution in [0, 0.1) is 11.6 Å².